The molecule has 1 saturated carbocycles. The monoisotopic (exact) mass is 407 g/mol. The molecule has 1 fully saturated rings. The standard InChI is InChI=1S/C24H29N3O3/c1-15(2)30-24(29)21-20(26-13-16-7-4-3-5-8-16)12-17(22(21)28)11-18-14-27-23-19(18)9-6-10-25-23/h6,9-10,12,14-16,21H,3-5,7-8,11,13H2,1-2H3,(H,25,27). The van der Waals surface area contributed by atoms with Crippen LogP contribution in [0.1, 0.15) is 51.5 Å². The average Bonchev–Trinajstić information content (AvgIpc) is 3.28. The molecular weight excluding hydrogens is 378 g/mol. The third-order valence-electron chi connectivity index (χ3n) is 5.96. The molecule has 0 aromatic carbocycles. The number of hydrogen-bond donors (Lipinski definition) is 1. The Kier molecular flexibility index (Phi) is 6.11. The number of aromatic nitrogens is 2. The molecule has 4 rings (SSSR count). The molecule has 0 amide bonds. The number of esters is 1. The molecule has 2 aliphatic rings. The highest BCUT2D eigenvalue weighted by Crippen LogP contribution is 2.28. The number of nitrogens with zero attached hydrogens (tertiary/aromatic N) is 2. The van der Waals surface area contributed by atoms with Crippen molar-refractivity contribution < 1.29 is 14.3 Å². The number of nitrogens with one attached hydrogen (secondary N) is 1. The third kappa shape index (κ3) is 4.37. The van der Waals surface area contributed by atoms with Crippen LogP contribution in [0, 0.1) is 11.8 Å². The second-order valence-corrected chi connectivity index (χ2v) is 8.61. The van der Waals surface area contributed by atoms with Crippen molar-refractivity contribution in [1.82, 2.24) is 9.97 Å². The fraction of sp³-hybridized carbons (Fsp3) is 0.500. The molecule has 1 atom stereocenters. The van der Waals surface area contributed by atoms with Crippen LogP contribution < -0.4 is 0 Å². The van der Waals surface area contributed by atoms with E-state index in [0.29, 0.717) is 30.2 Å². The van der Waals surface area contributed by atoms with Crippen LogP contribution in [0.3, 0.4) is 0 Å². The van der Waals surface area contributed by atoms with Gasteiger partial charge in [-0.15, -0.1) is 0 Å². The van der Waals surface area contributed by atoms with Gasteiger partial charge in [-0.25, -0.2) is 4.98 Å². The highest BCUT2D eigenvalue weighted by Gasteiger charge is 2.40. The van der Waals surface area contributed by atoms with Gasteiger partial charge in [-0.1, -0.05) is 19.3 Å². The van der Waals surface area contributed by atoms with E-state index in [1.165, 1.54) is 32.1 Å². The van der Waals surface area contributed by atoms with Crippen molar-refractivity contribution in [2.75, 3.05) is 6.54 Å². The molecule has 0 bridgehead atoms. The Balaban J connectivity index is 1.59. The average molecular weight is 408 g/mol. The van der Waals surface area contributed by atoms with Crippen LogP contribution in [0.4, 0.5) is 0 Å². The summed E-state index contributed by atoms with van der Waals surface area (Å²) in [6.45, 7) is 4.27. The van der Waals surface area contributed by atoms with E-state index in [4.69, 9.17) is 9.73 Å². The van der Waals surface area contributed by atoms with Gasteiger partial charge in [0, 0.05) is 36.3 Å². The van der Waals surface area contributed by atoms with Gasteiger partial charge in [0.05, 0.1) is 11.8 Å². The molecule has 0 saturated heterocycles. The molecule has 6 nitrogen and oxygen atoms in total. The summed E-state index contributed by atoms with van der Waals surface area (Å²) < 4.78 is 5.39. The summed E-state index contributed by atoms with van der Waals surface area (Å²) in [7, 11) is 0. The number of carbonyl (C=O) groups is 2. The topological polar surface area (TPSA) is 84.4 Å². The van der Waals surface area contributed by atoms with Crippen molar-refractivity contribution >= 4 is 28.5 Å². The van der Waals surface area contributed by atoms with Gasteiger partial charge in [-0.3, -0.25) is 14.6 Å². The van der Waals surface area contributed by atoms with Crippen LogP contribution in [0.15, 0.2) is 41.2 Å². The minimum Gasteiger partial charge on any atom is -0.462 e. The zero-order valence-electron chi connectivity index (χ0n) is 17.7. The molecule has 1 unspecified atom stereocenters. The van der Waals surface area contributed by atoms with Gasteiger partial charge in [-0.05, 0) is 56.4 Å². The Hall–Kier alpha value is -2.76. The highest BCUT2D eigenvalue weighted by molar-refractivity contribution is 6.32. The largest absolute Gasteiger partial charge is 0.462 e. The smallest absolute Gasteiger partial charge is 0.323 e. The van der Waals surface area contributed by atoms with Crippen molar-refractivity contribution in [3.8, 4) is 0 Å². The number of aromatic amines is 1. The highest BCUT2D eigenvalue weighted by atomic mass is 16.5. The first-order valence-electron chi connectivity index (χ1n) is 10.9. The number of ether oxygens (including phenoxy) is 1. The molecule has 2 aromatic rings. The number of aliphatic imine (C=N–C) groups is 1. The van der Waals surface area contributed by atoms with Gasteiger partial charge in [-0.2, -0.15) is 0 Å². The van der Waals surface area contributed by atoms with E-state index in [1.807, 2.05) is 24.4 Å². The Morgan fingerprint density at radius 2 is 2.10 bits per heavy atom. The Morgan fingerprint density at radius 3 is 2.87 bits per heavy atom. The number of fused-ring (bicyclic) bond motifs is 1. The van der Waals surface area contributed by atoms with Gasteiger partial charge in [0.25, 0.3) is 0 Å². The van der Waals surface area contributed by atoms with Crippen molar-refractivity contribution in [3.05, 3.63) is 41.7 Å². The van der Waals surface area contributed by atoms with E-state index < -0.39 is 11.9 Å². The fourth-order valence-corrected chi connectivity index (χ4v) is 4.42. The third-order valence-corrected chi connectivity index (χ3v) is 5.96. The van der Waals surface area contributed by atoms with Crippen molar-refractivity contribution in [3.63, 3.8) is 0 Å². The lowest BCUT2D eigenvalue weighted by Crippen LogP contribution is -2.31. The summed E-state index contributed by atoms with van der Waals surface area (Å²) in [6.07, 6.45) is 11.7. The van der Waals surface area contributed by atoms with E-state index in [1.54, 1.807) is 20.0 Å². The van der Waals surface area contributed by atoms with Crippen molar-refractivity contribution in [2.45, 2.75) is 58.5 Å². The lowest BCUT2D eigenvalue weighted by molar-refractivity contribution is -0.151. The van der Waals surface area contributed by atoms with E-state index in [9.17, 15) is 9.59 Å². The van der Waals surface area contributed by atoms with Gasteiger partial charge >= 0.3 is 5.97 Å². The summed E-state index contributed by atoms with van der Waals surface area (Å²) >= 11 is 0. The van der Waals surface area contributed by atoms with Crippen LogP contribution >= 0.6 is 0 Å². The first kappa shape index (κ1) is 20.5. The van der Waals surface area contributed by atoms with Crippen LogP contribution in [-0.2, 0) is 20.7 Å². The van der Waals surface area contributed by atoms with E-state index in [2.05, 4.69) is 9.97 Å². The predicted molar refractivity (Wildman–Crippen MR) is 116 cm³/mol. The molecule has 0 radical (unpaired) electrons. The SMILES string of the molecule is CC(C)OC(=O)C1C(=O)C(Cc2c[nH]c3ncccc23)=CC1=NCC1CCCCC1. The molecule has 1 N–H and O–H groups in total. The Labute approximate surface area is 176 Å². The van der Waals surface area contributed by atoms with Gasteiger partial charge in [0.15, 0.2) is 11.7 Å². The summed E-state index contributed by atoms with van der Waals surface area (Å²) in [6, 6.07) is 3.86. The number of allylic oxidation sites excluding steroid dienone is 2. The zero-order chi connectivity index (χ0) is 21.1. The second kappa shape index (κ2) is 8.94. The number of hydrogen-bond acceptors (Lipinski definition) is 5. The molecule has 0 spiro atoms. The number of H-pyrrole nitrogens is 1. The van der Waals surface area contributed by atoms with Crippen LogP contribution in [0.5, 0.6) is 0 Å². The maximum atomic E-state index is 13.2. The minimum atomic E-state index is -0.936. The van der Waals surface area contributed by atoms with Crippen LogP contribution in [0.25, 0.3) is 11.0 Å². The molecule has 2 aromatic heterocycles. The van der Waals surface area contributed by atoms with Crippen LogP contribution in [-0.4, -0.2) is 40.1 Å². The predicted octanol–water partition coefficient (Wildman–Crippen LogP) is 4.20. The van der Waals surface area contributed by atoms with Crippen molar-refractivity contribution in [1.29, 1.82) is 0 Å². The van der Waals surface area contributed by atoms with Crippen LogP contribution in [0.2, 0.25) is 0 Å². The number of carbonyl (C=O) groups excluding carboxylic acids is 2. The number of pyridine rings is 1. The van der Waals surface area contributed by atoms with E-state index >= 15 is 0 Å². The lowest BCUT2D eigenvalue weighted by atomic mass is 9.89. The summed E-state index contributed by atoms with van der Waals surface area (Å²) in [4.78, 5) is 38.1. The normalized spacial score (nSPS) is 21.6. The number of rotatable bonds is 6. The number of Topliss-reactive ketones (excluding diaryl/α,β-unsaturated/α-hetero) is 1. The maximum absolute atomic E-state index is 13.2. The lowest BCUT2D eigenvalue weighted by Gasteiger charge is -2.20. The van der Waals surface area contributed by atoms with Gasteiger partial charge in [0.2, 0.25) is 0 Å². The minimum absolute atomic E-state index is 0.193. The summed E-state index contributed by atoms with van der Waals surface area (Å²) in [5, 5.41) is 0.986. The molecular formula is C24H29N3O3. The number of ketones is 1. The van der Waals surface area contributed by atoms with Gasteiger partial charge in [0.1, 0.15) is 5.65 Å². The summed E-state index contributed by atoms with van der Waals surface area (Å²) in [5.74, 6) is -1.08. The first-order chi connectivity index (χ1) is 14.5. The molecule has 2 aliphatic carbocycles. The first-order valence-corrected chi connectivity index (χ1v) is 10.9. The second-order valence-electron chi connectivity index (χ2n) is 8.61. The van der Waals surface area contributed by atoms with E-state index in [0.717, 1.165) is 16.6 Å². The Morgan fingerprint density at radius 1 is 1.30 bits per heavy atom. The van der Waals surface area contributed by atoms with Gasteiger partial charge < -0.3 is 9.72 Å². The zero-order valence-corrected chi connectivity index (χ0v) is 17.7. The molecule has 158 valence electrons. The fourth-order valence-electron chi connectivity index (χ4n) is 4.42. The molecule has 0 aliphatic heterocycles. The van der Waals surface area contributed by atoms with E-state index in [-0.39, 0.29) is 11.9 Å². The molecule has 30 heavy (non-hydrogen) atoms. The molecule has 2 heterocycles. The Bertz CT molecular complexity index is 996. The van der Waals surface area contributed by atoms with Crippen molar-refractivity contribution in [2.24, 2.45) is 16.8 Å². The summed E-state index contributed by atoms with van der Waals surface area (Å²) in [5.41, 5.74) is 2.94. The maximum Gasteiger partial charge on any atom is 0.323 e. The molecule has 6 heteroatoms. The quantitative estimate of drug-likeness (QED) is 0.574.